The maximum atomic E-state index is 12.0. The number of nitrogens with one attached hydrogen (secondary N) is 1. The molecule has 0 saturated carbocycles. The van der Waals surface area contributed by atoms with Crippen LogP contribution in [-0.2, 0) is 11.3 Å². The number of nitro groups is 1. The molecule has 1 aromatic heterocycles. The predicted octanol–water partition coefficient (Wildman–Crippen LogP) is 2.72. The molecule has 1 heterocycles. The second kappa shape index (κ2) is 6.98. The number of aromatic nitrogens is 2. The van der Waals surface area contributed by atoms with Gasteiger partial charge in [0.1, 0.15) is 5.75 Å². The molecule has 24 heavy (non-hydrogen) atoms. The third-order valence-corrected chi connectivity index (χ3v) is 2.75. The average Bonchev–Trinajstić information content (AvgIpc) is 2.95. The third-order valence-electron chi connectivity index (χ3n) is 2.75. The molecule has 0 saturated heterocycles. The van der Waals surface area contributed by atoms with Crippen molar-refractivity contribution in [1.29, 1.82) is 0 Å². The zero-order valence-electron chi connectivity index (χ0n) is 12.0. The van der Waals surface area contributed by atoms with Crippen molar-refractivity contribution in [2.45, 2.75) is 19.3 Å². The Morgan fingerprint density at radius 2 is 1.96 bits per heavy atom. The molecule has 2 rings (SSSR count). The molecule has 0 aliphatic rings. The van der Waals surface area contributed by atoms with Crippen molar-refractivity contribution in [1.82, 2.24) is 9.78 Å². The molecule has 0 fully saturated rings. The molecular formula is C13H11F3N4O4. The van der Waals surface area contributed by atoms with Crippen LogP contribution in [0.4, 0.5) is 24.7 Å². The number of nitrogens with zero attached hydrogens (tertiary/aromatic N) is 3. The summed E-state index contributed by atoms with van der Waals surface area (Å²) >= 11 is 0. The monoisotopic (exact) mass is 344 g/mol. The Labute approximate surface area is 133 Å². The van der Waals surface area contributed by atoms with Gasteiger partial charge in [0.25, 0.3) is 0 Å². The number of ether oxygens (including phenoxy) is 1. The molecule has 1 N–H and O–H groups in total. The highest BCUT2D eigenvalue weighted by molar-refractivity contribution is 5.90. The minimum Gasteiger partial charge on any atom is -0.406 e. The van der Waals surface area contributed by atoms with E-state index in [-0.39, 0.29) is 18.8 Å². The van der Waals surface area contributed by atoms with E-state index in [0.717, 1.165) is 12.1 Å². The van der Waals surface area contributed by atoms with Gasteiger partial charge in [0.2, 0.25) is 5.91 Å². The van der Waals surface area contributed by atoms with Crippen LogP contribution in [-0.4, -0.2) is 27.0 Å². The molecule has 8 nitrogen and oxygen atoms in total. The van der Waals surface area contributed by atoms with E-state index < -0.39 is 22.9 Å². The lowest BCUT2D eigenvalue weighted by molar-refractivity contribution is -0.389. The summed E-state index contributed by atoms with van der Waals surface area (Å²) in [7, 11) is 0. The van der Waals surface area contributed by atoms with E-state index in [2.05, 4.69) is 15.2 Å². The van der Waals surface area contributed by atoms with Crippen LogP contribution >= 0.6 is 0 Å². The maximum absolute atomic E-state index is 12.0. The highest BCUT2D eigenvalue weighted by Gasteiger charge is 2.30. The fraction of sp³-hybridized carbons (Fsp3) is 0.231. The third kappa shape index (κ3) is 5.26. The molecule has 0 atom stereocenters. The Bertz CT molecular complexity index is 728. The van der Waals surface area contributed by atoms with Gasteiger partial charge in [-0.05, 0) is 29.2 Å². The fourth-order valence-corrected chi connectivity index (χ4v) is 1.75. The van der Waals surface area contributed by atoms with Crippen LogP contribution in [0.5, 0.6) is 5.75 Å². The molecule has 0 aliphatic carbocycles. The van der Waals surface area contributed by atoms with Gasteiger partial charge in [-0.25, -0.2) is 0 Å². The van der Waals surface area contributed by atoms with Crippen LogP contribution in [0.15, 0.2) is 36.5 Å². The normalized spacial score (nSPS) is 11.1. The number of alkyl halides is 3. The van der Waals surface area contributed by atoms with Gasteiger partial charge in [-0.1, -0.05) is 0 Å². The molecule has 128 valence electrons. The SMILES string of the molecule is O=C(CCn1ccc([N+](=O)[O-])n1)Nc1ccc(OC(F)(F)F)cc1. The Kier molecular flexibility index (Phi) is 5.02. The lowest BCUT2D eigenvalue weighted by Gasteiger charge is -2.09. The summed E-state index contributed by atoms with van der Waals surface area (Å²) in [4.78, 5) is 21.6. The largest absolute Gasteiger partial charge is 0.573 e. The van der Waals surface area contributed by atoms with Crippen molar-refractivity contribution in [2.24, 2.45) is 0 Å². The van der Waals surface area contributed by atoms with Crippen LogP contribution in [0.2, 0.25) is 0 Å². The number of hydrogen-bond donors (Lipinski definition) is 1. The molecule has 0 bridgehead atoms. The number of halogens is 3. The van der Waals surface area contributed by atoms with Gasteiger partial charge in [0.05, 0.1) is 23.9 Å². The second-order valence-electron chi connectivity index (χ2n) is 4.56. The highest BCUT2D eigenvalue weighted by atomic mass is 19.4. The number of carbonyl (C=O) groups is 1. The summed E-state index contributed by atoms with van der Waals surface area (Å²) in [5, 5.41) is 16.6. The van der Waals surface area contributed by atoms with Crippen LogP contribution in [0, 0.1) is 10.1 Å². The number of hydrogen-bond acceptors (Lipinski definition) is 5. The molecular weight excluding hydrogens is 333 g/mol. The van der Waals surface area contributed by atoms with E-state index in [1.165, 1.54) is 29.1 Å². The summed E-state index contributed by atoms with van der Waals surface area (Å²) in [5.41, 5.74) is 0.293. The van der Waals surface area contributed by atoms with Gasteiger partial charge >= 0.3 is 12.2 Å². The van der Waals surface area contributed by atoms with E-state index in [0.29, 0.717) is 5.69 Å². The maximum Gasteiger partial charge on any atom is 0.573 e. The van der Waals surface area contributed by atoms with E-state index in [1.54, 1.807) is 0 Å². The Morgan fingerprint density at radius 1 is 1.29 bits per heavy atom. The molecule has 1 aromatic carbocycles. The van der Waals surface area contributed by atoms with Gasteiger partial charge in [0, 0.05) is 12.1 Å². The van der Waals surface area contributed by atoms with Crippen LogP contribution in [0.1, 0.15) is 6.42 Å². The number of amides is 1. The lowest BCUT2D eigenvalue weighted by Crippen LogP contribution is -2.17. The quantitative estimate of drug-likeness (QED) is 0.642. The predicted molar refractivity (Wildman–Crippen MR) is 75.3 cm³/mol. The first kappa shape index (κ1) is 17.2. The molecule has 0 unspecified atom stereocenters. The van der Waals surface area contributed by atoms with Crippen molar-refractivity contribution in [3.63, 3.8) is 0 Å². The Hall–Kier alpha value is -3.11. The first-order valence-corrected chi connectivity index (χ1v) is 6.56. The number of carbonyl (C=O) groups excluding carboxylic acids is 1. The molecule has 0 radical (unpaired) electrons. The topological polar surface area (TPSA) is 99.3 Å². The summed E-state index contributed by atoms with van der Waals surface area (Å²) in [6.07, 6.45) is -3.43. The summed E-state index contributed by atoms with van der Waals surface area (Å²) in [5.74, 6) is -1.14. The van der Waals surface area contributed by atoms with E-state index in [4.69, 9.17) is 0 Å². The Morgan fingerprint density at radius 3 is 2.50 bits per heavy atom. The van der Waals surface area contributed by atoms with E-state index >= 15 is 0 Å². The number of anilines is 1. The van der Waals surface area contributed by atoms with Crippen molar-refractivity contribution in [2.75, 3.05) is 5.32 Å². The Balaban J connectivity index is 1.84. The van der Waals surface area contributed by atoms with E-state index in [1.807, 2.05) is 0 Å². The number of aryl methyl sites for hydroxylation is 1. The zero-order chi connectivity index (χ0) is 17.7. The highest BCUT2D eigenvalue weighted by Crippen LogP contribution is 2.23. The van der Waals surface area contributed by atoms with Gasteiger partial charge in [-0.15, -0.1) is 13.2 Å². The summed E-state index contributed by atoms with van der Waals surface area (Å²) < 4.78 is 41.0. The summed E-state index contributed by atoms with van der Waals surface area (Å²) in [6.45, 7) is 0.120. The van der Waals surface area contributed by atoms with Gasteiger partial charge in [-0.3, -0.25) is 4.79 Å². The standard InChI is InChI=1S/C13H11F3N4O4/c14-13(15,16)24-10-3-1-9(2-4-10)17-12(21)6-8-19-7-5-11(18-19)20(22)23/h1-5,7H,6,8H2,(H,17,21). The van der Waals surface area contributed by atoms with Crippen molar-refractivity contribution in [3.8, 4) is 5.75 Å². The first-order chi connectivity index (χ1) is 11.2. The second-order valence-corrected chi connectivity index (χ2v) is 4.56. The van der Waals surface area contributed by atoms with Crippen molar-refractivity contribution >= 4 is 17.4 Å². The minimum absolute atomic E-state index is 0.0142. The van der Waals surface area contributed by atoms with Crippen molar-refractivity contribution in [3.05, 3.63) is 46.6 Å². The molecule has 11 heteroatoms. The van der Waals surface area contributed by atoms with Gasteiger partial charge in [-0.2, -0.15) is 4.68 Å². The van der Waals surface area contributed by atoms with Gasteiger partial charge < -0.3 is 20.2 Å². The molecule has 2 aromatic rings. The van der Waals surface area contributed by atoms with Crippen LogP contribution in [0.3, 0.4) is 0 Å². The minimum atomic E-state index is -4.78. The first-order valence-electron chi connectivity index (χ1n) is 6.56. The molecule has 0 spiro atoms. The zero-order valence-corrected chi connectivity index (χ0v) is 12.0. The lowest BCUT2D eigenvalue weighted by atomic mass is 10.3. The van der Waals surface area contributed by atoms with E-state index in [9.17, 15) is 28.1 Å². The number of benzene rings is 1. The van der Waals surface area contributed by atoms with Crippen molar-refractivity contribution < 1.29 is 27.6 Å². The average molecular weight is 344 g/mol. The fourth-order valence-electron chi connectivity index (χ4n) is 1.75. The van der Waals surface area contributed by atoms with Crippen LogP contribution in [0.25, 0.3) is 0 Å². The van der Waals surface area contributed by atoms with Crippen LogP contribution < -0.4 is 10.1 Å². The summed E-state index contributed by atoms with van der Waals surface area (Å²) in [6, 6.07) is 5.87. The van der Waals surface area contributed by atoms with Gasteiger partial charge in [0.15, 0.2) is 0 Å². The smallest absolute Gasteiger partial charge is 0.406 e. The number of rotatable bonds is 6. The molecule has 1 amide bonds. The molecule has 0 aliphatic heterocycles.